The Morgan fingerprint density at radius 2 is 1.68 bits per heavy atom. The van der Waals surface area contributed by atoms with E-state index in [9.17, 15) is 5.11 Å². The van der Waals surface area contributed by atoms with E-state index in [0.717, 1.165) is 42.6 Å². The van der Waals surface area contributed by atoms with Crippen molar-refractivity contribution in [3.05, 3.63) is 70.8 Å². The largest absolute Gasteiger partial charge is 0.396 e. The zero-order chi connectivity index (χ0) is 19.6. The molecule has 1 fully saturated rings. The Labute approximate surface area is 167 Å². The Hall–Kier alpha value is -3.03. The van der Waals surface area contributed by atoms with Gasteiger partial charge in [0.15, 0.2) is 0 Å². The van der Waals surface area contributed by atoms with Crippen LogP contribution in [0.15, 0.2) is 48.5 Å². The number of hydrogen-bond acceptors (Lipinski definition) is 3. The van der Waals surface area contributed by atoms with Gasteiger partial charge in [0, 0.05) is 35.8 Å². The number of nitrogens with zero attached hydrogens (tertiary/aromatic N) is 1. The second-order valence-electron chi connectivity index (χ2n) is 6.78. The van der Waals surface area contributed by atoms with Crippen LogP contribution >= 0.6 is 0 Å². The van der Waals surface area contributed by atoms with Gasteiger partial charge in [-0.15, -0.1) is 0 Å². The molecule has 28 heavy (non-hydrogen) atoms. The first-order valence-electron chi connectivity index (χ1n) is 9.65. The van der Waals surface area contributed by atoms with E-state index in [4.69, 9.17) is 10.00 Å². The van der Waals surface area contributed by atoms with Crippen LogP contribution in [-0.4, -0.2) is 24.4 Å². The lowest BCUT2D eigenvalue weighted by atomic mass is 9.93. The fraction of sp³-hybridized carbons (Fsp3) is 0.320. The Morgan fingerprint density at radius 1 is 0.964 bits per heavy atom. The van der Waals surface area contributed by atoms with Crippen molar-refractivity contribution in [2.24, 2.45) is 5.92 Å². The van der Waals surface area contributed by atoms with Gasteiger partial charge >= 0.3 is 0 Å². The Morgan fingerprint density at radius 3 is 2.32 bits per heavy atom. The first-order valence-corrected chi connectivity index (χ1v) is 9.65. The first-order chi connectivity index (χ1) is 13.8. The van der Waals surface area contributed by atoms with E-state index >= 15 is 0 Å². The van der Waals surface area contributed by atoms with Crippen LogP contribution in [0, 0.1) is 40.9 Å². The van der Waals surface area contributed by atoms with Crippen molar-refractivity contribution in [3.63, 3.8) is 0 Å². The van der Waals surface area contributed by atoms with Gasteiger partial charge in [-0.3, -0.25) is 0 Å². The Bertz CT molecular complexity index is 942. The predicted octanol–water partition coefficient (Wildman–Crippen LogP) is 3.88. The molecule has 1 N–H and O–H groups in total. The maximum Gasteiger partial charge on any atom is 0.100 e. The minimum Gasteiger partial charge on any atom is -0.396 e. The average molecular weight is 369 g/mol. The SMILES string of the molecule is N#Cc1ccccc1C#Cc1ccc(C#CC(CCO)C2CCCCO2)cc1. The lowest BCUT2D eigenvalue weighted by molar-refractivity contribution is -0.0115. The summed E-state index contributed by atoms with van der Waals surface area (Å²) in [7, 11) is 0. The molecule has 3 rings (SSSR count). The van der Waals surface area contributed by atoms with E-state index in [0.29, 0.717) is 12.0 Å². The highest BCUT2D eigenvalue weighted by atomic mass is 16.5. The second kappa shape index (κ2) is 10.3. The van der Waals surface area contributed by atoms with E-state index in [1.165, 1.54) is 0 Å². The van der Waals surface area contributed by atoms with Crippen LogP contribution in [-0.2, 0) is 4.74 Å². The molecule has 0 amide bonds. The summed E-state index contributed by atoms with van der Waals surface area (Å²) in [5.41, 5.74) is 3.10. The normalized spacial score (nSPS) is 16.6. The molecule has 2 atom stereocenters. The van der Waals surface area contributed by atoms with Gasteiger partial charge in [-0.1, -0.05) is 35.8 Å². The van der Waals surface area contributed by atoms with Gasteiger partial charge in [0.1, 0.15) is 6.07 Å². The highest BCUT2D eigenvalue weighted by Crippen LogP contribution is 2.22. The number of benzene rings is 2. The zero-order valence-electron chi connectivity index (χ0n) is 15.8. The third-order valence-corrected chi connectivity index (χ3v) is 4.78. The molecule has 1 saturated heterocycles. The molecule has 0 bridgehead atoms. The van der Waals surface area contributed by atoms with Crippen molar-refractivity contribution in [3.8, 4) is 29.8 Å². The second-order valence-corrected chi connectivity index (χ2v) is 6.78. The lowest BCUT2D eigenvalue weighted by Gasteiger charge is -2.27. The number of rotatable bonds is 3. The average Bonchev–Trinajstić information content (AvgIpc) is 2.76. The molecule has 0 radical (unpaired) electrons. The molecule has 140 valence electrons. The lowest BCUT2D eigenvalue weighted by Crippen LogP contribution is -2.27. The minimum absolute atomic E-state index is 0.0623. The molecular weight excluding hydrogens is 346 g/mol. The molecule has 2 unspecified atom stereocenters. The maximum atomic E-state index is 9.33. The van der Waals surface area contributed by atoms with E-state index in [2.05, 4.69) is 29.8 Å². The standard InChI is InChI=1S/C25H23NO2/c26-19-24-6-2-1-5-22(24)14-12-20-8-10-21(11-9-20)13-15-23(16-17-27)25-7-3-4-18-28-25/h1-2,5-6,8-11,23,25,27H,3-4,7,16-18H2. The van der Waals surface area contributed by atoms with Crippen LogP contribution < -0.4 is 0 Å². The van der Waals surface area contributed by atoms with Crippen molar-refractivity contribution >= 4 is 0 Å². The molecular formula is C25H23NO2. The number of aliphatic hydroxyl groups excluding tert-OH is 1. The van der Waals surface area contributed by atoms with Gasteiger partial charge < -0.3 is 9.84 Å². The number of hydrogen-bond donors (Lipinski definition) is 1. The third kappa shape index (κ3) is 5.48. The smallest absolute Gasteiger partial charge is 0.100 e. The van der Waals surface area contributed by atoms with E-state index in [-0.39, 0.29) is 18.6 Å². The fourth-order valence-electron chi connectivity index (χ4n) is 3.22. The summed E-state index contributed by atoms with van der Waals surface area (Å²) < 4.78 is 5.84. The van der Waals surface area contributed by atoms with Crippen LogP contribution in [0.5, 0.6) is 0 Å². The topological polar surface area (TPSA) is 53.2 Å². The Kier molecular flexibility index (Phi) is 7.29. The monoisotopic (exact) mass is 369 g/mol. The highest BCUT2D eigenvalue weighted by Gasteiger charge is 2.22. The molecule has 2 aromatic rings. The van der Waals surface area contributed by atoms with Gasteiger partial charge in [0.25, 0.3) is 0 Å². The van der Waals surface area contributed by atoms with E-state index < -0.39 is 0 Å². The van der Waals surface area contributed by atoms with Crippen LogP contribution in [0.25, 0.3) is 0 Å². The van der Waals surface area contributed by atoms with Gasteiger partial charge in [-0.2, -0.15) is 5.26 Å². The predicted molar refractivity (Wildman–Crippen MR) is 109 cm³/mol. The van der Waals surface area contributed by atoms with E-state index in [1.807, 2.05) is 42.5 Å². The quantitative estimate of drug-likeness (QED) is 0.836. The van der Waals surface area contributed by atoms with Crippen LogP contribution in [0.3, 0.4) is 0 Å². The van der Waals surface area contributed by atoms with Crippen LogP contribution in [0.4, 0.5) is 0 Å². The maximum absolute atomic E-state index is 9.33. The van der Waals surface area contributed by atoms with Crippen molar-refractivity contribution in [1.29, 1.82) is 5.26 Å². The van der Waals surface area contributed by atoms with Gasteiger partial charge in [0.05, 0.1) is 11.7 Å². The number of aliphatic hydroxyl groups is 1. The zero-order valence-corrected chi connectivity index (χ0v) is 15.8. The third-order valence-electron chi connectivity index (χ3n) is 4.78. The van der Waals surface area contributed by atoms with Crippen molar-refractivity contribution in [2.45, 2.75) is 31.8 Å². The van der Waals surface area contributed by atoms with E-state index in [1.54, 1.807) is 6.07 Å². The van der Waals surface area contributed by atoms with Crippen LogP contribution in [0.1, 0.15) is 47.9 Å². The molecule has 3 nitrogen and oxygen atoms in total. The first kappa shape index (κ1) is 19.7. The fourth-order valence-corrected chi connectivity index (χ4v) is 3.22. The Balaban J connectivity index is 1.70. The van der Waals surface area contributed by atoms with Crippen molar-refractivity contribution in [1.82, 2.24) is 0 Å². The molecule has 0 saturated carbocycles. The molecule has 3 heteroatoms. The molecule has 0 spiro atoms. The molecule has 0 aliphatic carbocycles. The van der Waals surface area contributed by atoms with Gasteiger partial charge in [-0.25, -0.2) is 0 Å². The molecule has 1 aliphatic heterocycles. The van der Waals surface area contributed by atoms with Crippen molar-refractivity contribution < 1.29 is 9.84 Å². The molecule has 1 aliphatic rings. The summed E-state index contributed by atoms with van der Waals surface area (Å²) >= 11 is 0. The highest BCUT2D eigenvalue weighted by molar-refractivity contribution is 5.51. The van der Waals surface area contributed by atoms with Crippen molar-refractivity contribution in [2.75, 3.05) is 13.2 Å². The summed E-state index contributed by atoms with van der Waals surface area (Å²) in [6.07, 6.45) is 4.05. The van der Waals surface area contributed by atoms with Gasteiger partial charge in [0.2, 0.25) is 0 Å². The number of nitriles is 1. The molecule has 2 aromatic carbocycles. The summed E-state index contributed by atoms with van der Waals surface area (Å²) in [5.74, 6) is 12.7. The summed E-state index contributed by atoms with van der Waals surface area (Å²) in [6, 6.07) is 17.2. The van der Waals surface area contributed by atoms with Gasteiger partial charge in [-0.05, 0) is 62.1 Å². The summed E-state index contributed by atoms with van der Waals surface area (Å²) in [6.45, 7) is 0.911. The molecule has 0 aromatic heterocycles. The number of ether oxygens (including phenoxy) is 1. The minimum atomic E-state index is 0.0623. The summed E-state index contributed by atoms with van der Waals surface area (Å²) in [4.78, 5) is 0. The van der Waals surface area contributed by atoms with Crippen LogP contribution in [0.2, 0.25) is 0 Å². The molecule has 1 heterocycles. The summed E-state index contributed by atoms with van der Waals surface area (Å²) in [5, 5.41) is 18.5.